The number of carbonyl (C=O) groups excluding carboxylic acids is 1. The second kappa shape index (κ2) is 6.73. The number of carbonyl (C=O) groups is 1. The predicted octanol–water partition coefficient (Wildman–Crippen LogP) is 2.84. The van der Waals surface area contributed by atoms with E-state index in [0.29, 0.717) is 18.7 Å². The van der Waals surface area contributed by atoms with Gasteiger partial charge in [-0.1, -0.05) is 0 Å². The van der Waals surface area contributed by atoms with E-state index in [-0.39, 0.29) is 12.0 Å². The van der Waals surface area contributed by atoms with Crippen LogP contribution >= 0.6 is 0 Å². The lowest BCUT2D eigenvalue weighted by Crippen LogP contribution is -2.31. The van der Waals surface area contributed by atoms with Crippen molar-refractivity contribution in [3.8, 4) is 0 Å². The van der Waals surface area contributed by atoms with Gasteiger partial charge in [0.2, 0.25) is 0 Å². The number of anilines is 2. The van der Waals surface area contributed by atoms with E-state index >= 15 is 0 Å². The fourth-order valence-corrected chi connectivity index (χ4v) is 3.97. The lowest BCUT2D eigenvalue weighted by Gasteiger charge is -2.20. The average Bonchev–Trinajstić information content (AvgIpc) is 3.12. The monoisotopic (exact) mass is 329 g/mol. The Morgan fingerprint density at radius 2 is 1.92 bits per heavy atom. The Kier molecular flexibility index (Phi) is 4.46. The van der Waals surface area contributed by atoms with Gasteiger partial charge in [0.15, 0.2) is 0 Å². The first-order valence-corrected chi connectivity index (χ1v) is 9.24. The second-order valence-corrected chi connectivity index (χ2v) is 7.42. The lowest BCUT2D eigenvalue weighted by molar-refractivity contribution is -0.124. The van der Waals surface area contributed by atoms with Crippen LogP contribution in [0.5, 0.6) is 0 Å². The molecule has 1 aliphatic carbocycles. The molecule has 5 nitrogen and oxygen atoms in total. The van der Waals surface area contributed by atoms with Gasteiger partial charge in [-0.2, -0.15) is 0 Å². The second-order valence-electron chi connectivity index (χ2n) is 7.42. The zero-order chi connectivity index (χ0) is 16.5. The Morgan fingerprint density at radius 1 is 1.17 bits per heavy atom. The SMILES string of the molecule is C[C@@H]1C[C@@H](Nc2ccc(NC(=O)[C@@H]3CCCO3)cc2)CN1C1CC1. The van der Waals surface area contributed by atoms with Gasteiger partial charge in [0.05, 0.1) is 0 Å². The zero-order valence-electron chi connectivity index (χ0n) is 14.3. The van der Waals surface area contributed by atoms with Gasteiger partial charge in [-0.15, -0.1) is 0 Å². The van der Waals surface area contributed by atoms with Crippen molar-refractivity contribution in [1.29, 1.82) is 0 Å². The molecule has 130 valence electrons. The van der Waals surface area contributed by atoms with Crippen molar-refractivity contribution in [1.82, 2.24) is 4.90 Å². The maximum Gasteiger partial charge on any atom is 0.253 e. The quantitative estimate of drug-likeness (QED) is 0.872. The molecular formula is C19H27N3O2. The van der Waals surface area contributed by atoms with Gasteiger partial charge in [-0.05, 0) is 63.3 Å². The van der Waals surface area contributed by atoms with Crippen LogP contribution in [0.4, 0.5) is 11.4 Å². The van der Waals surface area contributed by atoms with Crippen molar-refractivity contribution in [2.75, 3.05) is 23.8 Å². The fourth-order valence-electron chi connectivity index (χ4n) is 3.97. The van der Waals surface area contributed by atoms with Crippen LogP contribution in [0.25, 0.3) is 0 Å². The predicted molar refractivity (Wildman–Crippen MR) is 95.3 cm³/mol. The number of nitrogens with one attached hydrogen (secondary N) is 2. The summed E-state index contributed by atoms with van der Waals surface area (Å²) in [5, 5.41) is 6.58. The third kappa shape index (κ3) is 3.57. The number of nitrogens with zero attached hydrogens (tertiary/aromatic N) is 1. The molecule has 2 saturated heterocycles. The molecule has 0 spiro atoms. The summed E-state index contributed by atoms with van der Waals surface area (Å²) < 4.78 is 5.41. The van der Waals surface area contributed by atoms with E-state index in [0.717, 1.165) is 36.8 Å². The molecule has 2 aliphatic heterocycles. The molecule has 1 amide bonds. The van der Waals surface area contributed by atoms with Gasteiger partial charge >= 0.3 is 0 Å². The van der Waals surface area contributed by atoms with Crippen molar-refractivity contribution in [3.63, 3.8) is 0 Å². The minimum absolute atomic E-state index is 0.0297. The van der Waals surface area contributed by atoms with Gasteiger partial charge in [-0.3, -0.25) is 9.69 Å². The molecule has 3 atom stereocenters. The highest BCUT2D eigenvalue weighted by molar-refractivity contribution is 5.94. The smallest absolute Gasteiger partial charge is 0.253 e. The summed E-state index contributed by atoms with van der Waals surface area (Å²) in [5.41, 5.74) is 1.96. The summed E-state index contributed by atoms with van der Waals surface area (Å²) >= 11 is 0. The number of amides is 1. The van der Waals surface area contributed by atoms with Gasteiger partial charge in [0.25, 0.3) is 5.91 Å². The first-order valence-electron chi connectivity index (χ1n) is 9.24. The summed E-state index contributed by atoms with van der Waals surface area (Å²) in [4.78, 5) is 14.7. The summed E-state index contributed by atoms with van der Waals surface area (Å²) in [5.74, 6) is -0.0297. The van der Waals surface area contributed by atoms with E-state index < -0.39 is 0 Å². The highest BCUT2D eigenvalue weighted by Crippen LogP contribution is 2.34. The first kappa shape index (κ1) is 15.9. The van der Waals surface area contributed by atoms with Gasteiger partial charge in [-0.25, -0.2) is 0 Å². The molecule has 4 rings (SSSR count). The largest absolute Gasteiger partial charge is 0.381 e. The number of hydrogen-bond donors (Lipinski definition) is 2. The summed E-state index contributed by atoms with van der Waals surface area (Å²) in [6.45, 7) is 4.17. The van der Waals surface area contributed by atoms with Crippen molar-refractivity contribution in [3.05, 3.63) is 24.3 Å². The molecule has 0 bridgehead atoms. The molecule has 2 heterocycles. The van der Waals surface area contributed by atoms with Crippen molar-refractivity contribution in [2.45, 2.75) is 63.3 Å². The van der Waals surface area contributed by atoms with E-state index in [9.17, 15) is 4.79 Å². The third-order valence-corrected chi connectivity index (χ3v) is 5.38. The maximum atomic E-state index is 12.1. The molecule has 5 heteroatoms. The van der Waals surface area contributed by atoms with Crippen molar-refractivity contribution in [2.24, 2.45) is 0 Å². The van der Waals surface area contributed by atoms with Crippen molar-refractivity contribution >= 4 is 17.3 Å². The molecule has 1 aromatic rings. The molecule has 1 aromatic carbocycles. The molecule has 2 N–H and O–H groups in total. The Balaban J connectivity index is 1.30. The third-order valence-electron chi connectivity index (χ3n) is 5.38. The Hall–Kier alpha value is -1.59. The summed E-state index contributed by atoms with van der Waals surface area (Å²) in [7, 11) is 0. The van der Waals surface area contributed by atoms with Crippen LogP contribution in [-0.4, -0.2) is 48.2 Å². The van der Waals surface area contributed by atoms with Crippen LogP contribution in [0.1, 0.15) is 39.0 Å². The molecule has 0 aromatic heterocycles. The van der Waals surface area contributed by atoms with Gasteiger partial charge < -0.3 is 15.4 Å². The van der Waals surface area contributed by atoms with Crippen LogP contribution in [0.3, 0.4) is 0 Å². The van der Waals surface area contributed by atoms with E-state index in [2.05, 4.69) is 34.6 Å². The van der Waals surface area contributed by atoms with Crippen LogP contribution in [0.15, 0.2) is 24.3 Å². The Bertz CT molecular complexity index is 579. The van der Waals surface area contributed by atoms with E-state index in [1.165, 1.54) is 19.3 Å². The summed E-state index contributed by atoms with van der Waals surface area (Å²) in [6, 6.07) is 10.1. The first-order chi connectivity index (χ1) is 11.7. The fraction of sp³-hybridized carbons (Fsp3) is 0.632. The number of likely N-dealkylation sites (tertiary alicyclic amines) is 1. The Morgan fingerprint density at radius 3 is 2.58 bits per heavy atom. The van der Waals surface area contributed by atoms with Crippen LogP contribution in [0.2, 0.25) is 0 Å². The van der Waals surface area contributed by atoms with E-state index in [4.69, 9.17) is 4.74 Å². The molecule has 0 unspecified atom stereocenters. The zero-order valence-corrected chi connectivity index (χ0v) is 14.3. The molecule has 24 heavy (non-hydrogen) atoms. The maximum absolute atomic E-state index is 12.1. The number of rotatable bonds is 5. The minimum atomic E-state index is -0.281. The molecule has 0 radical (unpaired) electrons. The molecule has 3 aliphatic rings. The number of hydrogen-bond acceptors (Lipinski definition) is 4. The molecule has 3 fully saturated rings. The average molecular weight is 329 g/mol. The lowest BCUT2D eigenvalue weighted by atomic mass is 10.1. The number of ether oxygens (including phenoxy) is 1. The topological polar surface area (TPSA) is 53.6 Å². The van der Waals surface area contributed by atoms with Crippen LogP contribution in [-0.2, 0) is 9.53 Å². The Labute approximate surface area is 143 Å². The summed E-state index contributed by atoms with van der Waals surface area (Å²) in [6.07, 6.45) is 5.46. The van der Waals surface area contributed by atoms with Crippen LogP contribution < -0.4 is 10.6 Å². The van der Waals surface area contributed by atoms with Gasteiger partial charge in [0, 0.05) is 42.7 Å². The normalized spacial score (nSPS) is 30.5. The molecular weight excluding hydrogens is 302 g/mol. The highest BCUT2D eigenvalue weighted by atomic mass is 16.5. The highest BCUT2D eigenvalue weighted by Gasteiger charge is 2.38. The van der Waals surface area contributed by atoms with E-state index in [1.54, 1.807) is 0 Å². The number of benzene rings is 1. The van der Waals surface area contributed by atoms with Crippen molar-refractivity contribution < 1.29 is 9.53 Å². The van der Waals surface area contributed by atoms with Crippen LogP contribution in [0, 0.1) is 0 Å². The minimum Gasteiger partial charge on any atom is -0.381 e. The molecule has 1 saturated carbocycles. The standard InChI is InChI=1S/C19H27N3O2/c1-13-11-16(12-22(13)17-8-9-17)20-14-4-6-15(7-5-14)21-19(23)18-3-2-10-24-18/h4-7,13,16-18,20H,2-3,8-12H2,1H3,(H,21,23)/t13-,16-,18+/m1/s1. The van der Waals surface area contributed by atoms with Gasteiger partial charge in [0.1, 0.15) is 6.10 Å². The van der Waals surface area contributed by atoms with E-state index in [1.807, 2.05) is 12.1 Å².